The van der Waals surface area contributed by atoms with E-state index in [2.05, 4.69) is 17.1 Å². The third-order valence-electron chi connectivity index (χ3n) is 3.68. The normalized spacial score (nSPS) is 10.9. The van der Waals surface area contributed by atoms with Gasteiger partial charge in [0.15, 0.2) is 5.78 Å². The van der Waals surface area contributed by atoms with Crippen LogP contribution < -0.4 is 0 Å². The van der Waals surface area contributed by atoms with Crippen LogP contribution in [0.2, 0.25) is 0 Å². The summed E-state index contributed by atoms with van der Waals surface area (Å²) in [7, 11) is 0. The number of fused-ring (bicyclic) bond motifs is 1. The van der Waals surface area contributed by atoms with Gasteiger partial charge in [-0.25, -0.2) is 4.98 Å². The van der Waals surface area contributed by atoms with E-state index < -0.39 is 0 Å². The van der Waals surface area contributed by atoms with Crippen molar-refractivity contribution in [3.8, 4) is 0 Å². The first-order chi connectivity index (χ1) is 10.3. The van der Waals surface area contributed by atoms with Gasteiger partial charge in [-0.2, -0.15) is 0 Å². The van der Waals surface area contributed by atoms with Crippen molar-refractivity contribution < 1.29 is 4.79 Å². The molecule has 2 heterocycles. The average molecular weight is 278 g/mol. The molecule has 0 radical (unpaired) electrons. The highest BCUT2D eigenvalue weighted by atomic mass is 16.1. The van der Waals surface area contributed by atoms with Crippen molar-refractivity contribution in [3.63, 3.8) is 0 Å². The number of carbonyl (C=O) groups is 1. The summed E-state index contributed by atoms with van der Waals surface area (Å²) in [6.07, 6.45) is 3.97. The van der Waals surface area contributed by atoms with Gasteiger partial charge < -0.3 is 0 Å². The summed E-state index contributed by atoms with van der Waals surface area (Å²) in [4.78, 5) is 17.2. The van der Waals surface area contributed by atoms with Crippen molar-refractivity contribution in [2.24, 2.45) is 0 Å². The highest BCUT2D eigenvalue weighted by Gasteiger charge is 2.17. The first-order valence-electron chi connectivity index (χ1n) is 7.32. The molecule has 1 aromatic carbocycles. The van der Waals surface area contributed by atoms with Crippen molar-refractivity contribution in [1.29, 1.82) is 0 Å². The van der Waals surface area contributed by atoms with Gasteiger partial charge in [0, 0.05) is 12.6 Å². The Balaban J connectivity index is 1.87. The van der Waals surface area contributed by atoms with Crippen LogP contribution >= 0.6 is 0 Å². The number of carbonyl (C=O) groups excluding carboxylic acids is 1. The smallest absolute Gasteiger partial charge is 0.181 e. The summed E-state index contributed by atoms with van der Waals surface area (Å²) in [6.45, 7) is 2.04. The summed E-state index contributed by atoms with van der Waals surface area (Å²) in [5, 5.41) is 0. The molecule has 0 fully saturated rings. The molecule has 3 aromatic rings. The Morgan fingerprint density at radius 1 is 1.10 bits per heavy atom. The fourth-order valence-electron chi connectivity index (χ4n) is 2.61. The van der Waals surface area contributed by atoms with E-state index in [1.165, 1.54) is 5.56 Å². The SMILES string of the molecule is CCc1nc2ccccn2c1C(=O)CCc1ccccc1. The minimum absolute atomic E-state index is 0.161. The second-order valence-corrected chi connectivity index (χ2v) is 5.10. The van der Waals surface area contributed by atoms with Crippen LogP contribution in [-0.4, -0.2) is 15.2 Å². The van der Waals surface area contributed by atoms with Gasteiger partial charge in [0.05, 0.1) is 5.69 Å². The quantitative estimate of drug-likeness (QED) is 0.667. The number of Topliss-reactive ketones (excluding diaryl/α,β-unsaturated/α-hetero) is 1. The maximum atomic E-state index is 12.6. The lowest BCUT2D eigenvalue weighted by Gasteiger charge is -2.04. The second kappa shape index (κ2) is 5.92. The summed E-state index contributed by atoms with van der Waals surface area (Å²) in [5.41, 5.74) is 3.67. The van der Waals surface area contributed by atoms with Crippen molar-refractivity contribution in [3.05, 3.63) is 71.7 Å². The predicted octanol–water partition coefficient (Wildman–Crippen LogP) is 3.71. The van der Waals surface area contributed by atoms with Crippen molar-refractivity contribution >= 4 is 11.4 Å². The second-order valence-electron chi connectivity index (χ2n) is 5.10. The Hall–Kier alpha value is -2.42. The first kappa shape index (κ1) is 13.6. The summed E-state index contributed by atoms with van der Waals surface area (Å²) in [5.74, 6) is 0.161. The lowest BCUT2D eigenvalue weighted by molar-refractivity contribution is 0.0976. The lowest BCUT2D eigenvalue weighted by Crippen LogP contribution is -2.07. The number of rotatable bonds is 5. The molecule has 0 atom stereocenters. The zero-order valence-electron chi connectivity index (χ0n) is 12.1. The standard InChI is InChI=1S/C18H18N2O/c1-2-15-18(20-13-7-6-10-17(20)19-15)16(21)12-11-14-8-4-3-5-9-14/h3-10,13H,2,11-12H2,1H3. The first-order valence-corrected chi connectivity index (χ1v) is 7.32. The van der Waals surface area contributed by atoms with Gasteiger partial charge in [-0.15, -0.1) is 0 Å². The number of hydrogen-bond donors (Lipinski definition) is 0. The van der Waals surface area contributed by atoms with Gasteiger partial charge in [0.25, 0.3) is 0 Å². The largest absolute Gasteiger partial charge is 0.297 e. The molecule has 0 saturated carbocycles. The number of aryl methyl sites for hydroxylation is 2. The average Bonchev–Trinajstić information content (AvgIpc) is 2.92. The summed E-state index contributed by atoms with van der Waals surface area (Å²) < 4.78 is 1.91. The van der Waals surface area contributed by atoms with Gasteiger partial charge in [-0.3, -0.25) is 9.20 Å². The van der Waals surface area contributed by atoms with E-state index in [-0.39, 0.29) is 5.78 Å². The minimum Gasteiger partial charge on any atom is -0.297 e. The van der Waals surface area contributed by atoms with Crippen molar-refractivity contribution in [1.82, 2.24) is 9.38 Å². The number of aromatic nitrogens is 2. The maximum Gasteiger partial charge on any atom is 0.181 e. The molecule has 0 aliphatic carbocycles. The topological polar surface area (TPSA) is 34.4 Å². The molecule has 106 valence electrons. The molecule has 0 unspecified atom stereocenters. The molecule has 0 N–H and O–H groups in total. The number of imidazole rings is 1. The molecule has 0 spiro atoms. The molecule has 0 bridgehead atoms. The van der Waals surface area contributed by atoms with Crippen molar-refractivity contribution in [2.75, 3.05) is 0 Å². The zero-order chi connectivity index (χ0) is 14.7. The molecule has 0 saturated heterocycles. The molecular weight excluding hydrogens is 260 g/mol. The molecule has 3 nitrogen and oxygen atoms in total. The molecule has 0 aliphatic heterocycles. The van der Waals surface area contributed by atoms with E-state index in [1.54, 1.807) is 0 Å². The van der Waals surface area contributed by atoms with Gasteiger partial charge in [0.1, 0.15) is 11.3 Å². The van der Waals surface area contributed by atoms with Crippen LogP contribution in [0.5, 0.6) is 0 Å². The molecule has 21 heavy (non-hydrogen) atoms. The van der Waals surface area contributed by atoms with Gasteiger partial charge >= 0.3 is 0 Å². The number of pyridine rings is 1. The van der Waals surface area contributed by atoms with Gasteiger partial charge in [-0.05, 0) is 30.5 Å². The number of nitrogens with zero attached hydrogens (tertiary/aromatic N) is 2. The Bertz CT molecular complexity index is 759. The maximum absolute atomic E-state index is 12.6. The predicted molar refractivity (Wildman–Crippen MR) is 83.7 cm³/mol. The van der Waals surface area contributed by atoms with Gasteiger partial charge in [0.2, 0.25) is 0 Å². The van der Waals surface area contributed by atoms with Crippen LogP contribution in [0, 0.1) is 0 Å². The van der Waals surface area contributed by atoms with E-state index in [0.29, 0.717) is 6.42 Å². The van der Waals surface area contributed by atoms with Gasteiger partial charge in [-0.1, -0.05) is 43.3 Å². The van der Waals surface area contributed by atoms with Crippen LogP contribution in [0.15, 0.2) is 54.7 Å². The summed E-state index contributed by atoms with van der Waals surface area (Å²) >= 11 is 0. The molecule has 2 aromatic heterocycles. The Morgan fingerprint density at radius 3 is 2.62 bits per heavy atom. The number of hydrogen-bond acceptors (Lipinski definition) is 2. The molecular formula is C18H18N2O. The minimum atomic E-state index is 0.161. The van der Waals surface area contributed by atoms with E-state index in [9.17, 15) is 4.79 Å². The third kappa shape index (κ3) is 2.72. The van der Waals surface area contributed by atoms with E-state index >= 15 is 0 Å². The zero-order valence-corrected chi connectivity index (χ0v) is 12.1. The molecule has 3 rings (SSSR count). The van der Waals surface area contributed by atoms with E-state index in [4.69, 9.17) is 0 Å². The van der Waals surface area contributed by atoms with Crippen LogP contribution in [0.3, 0.4) is 0 Å². The number of ketones is 1. The van der Waals surface area contributed by atoms with E-state index in [1.807, 2.05) is 53.9 Å². The molecule has 0 aliphatic rings. The summed E-state index contributed by atoms with van der Waals surface area (Å²) in [6, 6.07) is 15.9. The Morgan fingerprint density at radius 2 is 1.86 bits per heavy atom. The monoisotopic (exact) mass is 278 g/mol. The lowest BCUT2D eigenvalue weighted by atomic mass is 10.0. The third-order valence-corrected chi connectivity index (χ3v) is 3.68. The Labute approximate surface area is 124 Å². The fourth-order valence-corrected chi connectivity index (χ4v) is 2.61. The molecule has 3 heteroatoms. The molecule has 0 amide bonds. The highest BCUT2D eigenvalue weighted by molar-refractivity contribution is 5.96. The highest BCUT2D eigenvalue weighted by Crippen LogP contribution is 2.16. The van der Waals surface area contributed by atoms with E-state index in [0.717, 1.165) is 29.9 Å². The van der Waals surface area contributed by atoms with Crippen LogP contribution in [0.4, 0.5) is 0 Å². The number of benzene rings is 1. The van der Waals surface area contributed by atoms with Crippen LogP contribution in [0.25, 0.3) is 5.65 Å². The van der Waals surface area contributed by atoms with Crippen molar-refractivity contribution in [2.45, 2.75) is 26.2 Å². The van der Waals surface area contributed by atoms with Crippen LogP contribution in [0.1, 0.15) is 35.1 Å². The fraction of sp³-hybridized carbons (Fsp3) is 0.222. The van der Waals surface area contributed by atoms with Crippen LogP contribution in [-0.2, 0) is 12.8 Å². The Kier molecular flexibility index (Phi) is 3.82.